The predicted octanol–water partition coefficient (Wildman–Crippen LogP) is 2.40. The molecule has 0 saturated carbocycles. The first-order valence-corrected chi connectivity index (χ1v) is 5.97. The van der Waals surface area contributed by atoms with E-state index in [2.05, 4.69) is 10.3 Å². The van der Waals surface area contributed by atoms with Crippen molar-refractivity contribution in [1.29, 1.82) is 0 Å². The molecule has 1 amide bonds. The summed E-state index contributed by atoms with van der Waals surface area (Å²) in [6.45, 7) is 2.79. The van der Waals surface area contributed by atoms with Crippen LogP contribution in [0.4, 0.5) is 5.82 Å². The van der Waals surface area contributed by atoms with Crippen LogP contribution >= 0.6 is 0 Å². The van der Waals surface area contributed by atoms with Gasteiger partial charge in [-0.05, 0) is 37.3 Å². The Kier molecular flexibility index (Phi) is 3.97. The second-order valence-corrected chi connectivity index (χ2v) is 3.88. The van der Waals surface area contributed by atoms with Gasteiger partial charge in [0.25, 0.3) is 0 Å². The quantitative estimate of drug-likeness (QED) is 0.862. The molecule has 0 aliphatic heterocycles. The zero-order valence-electron chi connectivity index (χ0n) is 10.6. The average molecular weight is 257 g/mol. The molecule has 0 bridgehead atoms. The summed E-state index contributed by atoms with van der Waals surface area (Å²) in [5.41, 5.74) is 5.62. The number of pyridine rings is 1. The number of anilines is 1. The number of amides is 1. The number of nitrogens with two attached hydrogens (primary N) is 1. The molecule has 19 heavy (non-hydrogen) atoms. The van der Waals surface area contributed by atoms with Gasteiger partial charge in [-0.2, -0.15) is 4.98 Å². The molecule has 0 aliphatic carbocycles. The molecule has 3 N–H and O–H groups in total. The number of hydrogen-bond donors (Lipinski definition) is 2. The van der Waals surface area contributed by atoms with E-state index in [0.29, 0.717) is 17.2 Å². The second kappa shape index (κ2) is 5.86. The number of nitrogens with zero attached hydrogens (tertiary/aromatic N) is 1. The van der Waals surface area contributed by atoms with E-state index in [1.807, 2.05) is 19.1 Å². The molecule has 2 aromatic rings. The third kappa shape index (κ3) is 3.45. The second-order valence-electron chi connectivity index (χ2n) is 3.88. The summed E-state index contributed by atoms with van der Waals surface area (Å²) in [5, 5.41) is 3.11. The molecule has 98 valence electrons. The molecular formula is C14H15N3O2. The van der Waals surface area contributed by atoms with Gasteiger partial charge in [-0.15, -0.1) is 0 Å². The maximum absolute atomic E-state index is 10.9. The lowest BCUT2D eigenvalue weighted by Crippen LogP contribution is -2.10. The van der Waals surface area contributed by atoms with E-state index in [0.717, 1.165) is 12.4 Å². The Morgan fingerprint density at radius 1 is 1.26 bits per heavy atom. The molecule has 1 aromatic carbocycles. The SMILES string of the molecule is CCNc1cccc(Oc2ccc(C(N)=O)cc2)n1. The standard InChI is InChI=1S/C14H15N3O2/c1-2-16-12-4-3-5-13(17-12)19-11-8-6-10(7-9-11)14(15)18/h3-9H,2H2,1H3,(H2,15,18)(H,16,17). The number of ether oxygens (including phenoxy) is 1. The molecule has 0 aliphatic rings. The van der Waals surface area contributed by atoms with Crippen molar-refractivity contribution in [2.75, 3.05) is 11.9 Å². The molecule has 0 spiro atoms. The number of nitrogens with one attached hydrogen (secondary N) is 1. The van der Waals surface area contributed by atoms with Crippen LogP contribution in [-0.4, -0.2) is 17.4 Å². The molecule has 0 fully saturated rings. The first-order chi connectivity index (χ1) is 9.19. The Labute approximate surface area is 111 Å². The Balaban J connectivity index is 2.12. The molecule has 1 heterocycles. The summed E-state index contributed by atoms with van der Waals surface area (Å²) >= 11 is 0. The van der Waals surface area contributed by atoms with Crippen molar-refractivity contribution in [1.82, 2.24) is 4.98 Å². The van der Waals surface area contributed by atoms with Crippen molar-refractivity contribution in [3.8, 4) is 11.6 Å². The van der Waals surface area contributed by atoms with Crippen LogP contribution in [0.1, 0.15) is 17.3 Å². The number of carbonyl (C=O) groups excluding carboxylic acids is 1. The van der Waals surface area contributed by atoms with Gasteiger partial charge >= 0.3 is 0 Å². The summed E-state index contributed by atoms with van der Waals surface area (Å²) in [6.07, 6.45) is 0. The van der Waals surface area contributed by atoms with Crippen LogP contribution in [-0.2, 0) is 0 Å². The fourth-order valence-corrected chi connectivity index (χ4v) is 1.56. The molecule has 1 aromatic heterocycles. The molecule has 5 nitrogen and oxygen atoms in total. The Bertz CT molecular complexity index is 567. The monoisotopic (exact) mass is 257 g/mol. The van der Waals surface area contributed by atoms with E-state index < -0.39 is 5.91 Å². The van der Waals surface area contributed by atoms with E-state index in [1.165, 1.54) is 0 Å². The topological polar surface area (TPSA) is 77.2 Å². The van der Waals surface area contributed by atoms with Crippen LogP contribution < -0.4 is 15.8 Å². The van der Waals surface area contributed by atoms with Crippen LogP contribution in [0.5, 0.6) is 11.6 Å². The van der Waals surface area contributed by atoms with Gasteiger partial charge in [-0.3, -0.25) is 4.79 Å². The third-order valence-electron chi connectivity index (χ3n) is 2.44. The first-order valence-electron chi connectivity index (χ1n) is 5.97. The zero-order chi connectivity index (χ0) is 13.7. The van der Waals surface area contributed by atoms with Crippen LogP contribution in [0.2, 0.25) is 0 Å². The number of hydrogen-bond acceptors (Lipinski definition) is 4. The highest BCUT2D eigenvalue weighted by Gasteiger charge is 2.02. The van der Waals surface area contributed by atoms with E-state index in [-0.39, 0.29) is 0 Å². The van der Waals surface area contributed by atoms with Crippen molar-refractivity contribution >= 4 is 11.7 Å². The number of carbonyl (C=O) groups is 1. The van der Waals surface area contributed by atoms with Crippen molar-refractivity contribution in [2.45, 2.75) is 6.92 Å². The van der Waals surface area contributed by atoms with Crippen LogP contribution in [0.15, 0.2) is 42.5 Å². The highest BCUT2D eigenvalue weighted by molar-refractivity contribution is 5.92. The lowest BCUT2D eigenvalue weighted by atomic mass is 10.2. The van der Waals surface area contributed by atoms with Gasteiger partial charge in [-0.25, -0.2) is 0 Å². The van der Waals surface area contributed by atoms with Crippen LogP contribution in [0.25, 0.3) is 0 Å². The number of aromatic nitrogens is 1. The Hall–Kier alpha value is -2.56. The maximum Gasteiger partial charge on any atom is 0.248 e. The fraction of sp³-hybridized carbons (Fsp3) is 0.143. The molecule has 0 atom stereocenters. The summed E-state index contributed by atoms with van der Waals surface area (Å²) < 4.78 is 5.60. The van der Waals surface area contributed by atoms with Crippen molar-refractivity contribution in [3.05, 3.63) is 48.0 Å². The minimum atomic E-state index is -0.459. The number of rotatable bonds is 5. The zero-order valence-corrected chi connectivity index (χ0v) is 10.6. The smallest absolute Gasteiger partial charge is 0.248 e. The number of primary amides is 1. The van der Waals surface area contributed by atoms with Gasteiger partial charge in [0.05, 0.1) is 0 Å². The molecule has 5 heteroatoms. The van der Waals surface area contributed by atoms with E-state index in [4.69, 9.17) is 10.5 Å². The highest BCUT2D eigenvalue weighted by atomic mass is 16.5. The van der Waals surface area contributed by atoms with Crippen molar-refractivity contribution in [3.63, 3.8) is 0 Å². The molecular weight excluding hydrogens is 242 g/mol. The van der Waals surface area contributed by atoms with Crippen molar-refractivity contribution in [2.24, 2.45) is 5.73 Å². The van der Waals surface area contributed by atoms with Gasteiger partial charge in [0.1, 0.15) is 11.6 Å². The van der Waals surface area contributed by atoms with Gasteiger partial charge < -0.3 is 15.8 Å². The minimum Gasteiger partial charge on any atom is -0.439 e. The summed E-state index contributed by atoms with van der Waals surface area (Å²) in [6, 6.07) is 12.1. The van der Waals surface area contributed by atoms with Gasteiger partial charge in [0.2, 0.25) is 11.8 Å². The molecule has 0 radical (unpaired) electrons. The lowest BCUT2D eigenvalue weighted by Gasteiger charge is -2.07. The molecule has 2 rings (SSSR count). The Morgan fingerprint density at radius 2 is 2.00 bits per heavy atom. The largest absolute Gasteiger partial charge is 0.439 e. The summed E-state index contributed by atoms with van der Waals surface area (Å²) in [7, 11) is 0. The van der Waals surface area contributed by atoms with E-state index >= 15 is 0 Å². The van der Waals surface area contributed by atoms with Crippen LogP contribution in [0, 0.1) is 0 Å². The van der Waals surface area contributed by atoms with Crippen molar-refractivity contribution < 1.29 is 9.53 Å². The van der Waals surface area contributed by atoms with Gasteiger partial charge in [-0.1, -0.05) is 6.07 Å². The molecule has 0 saturated heterocycles. The summed E-state index contributed by atoms with van der Waals surface area (Å²) in [5.74, 6) is 1.39. The third-order valence-corrected chi connectivity index (χ3v) is 2.44. The summed E-state index contributed by atoms with van der Waals surface area (Å²) in [4.78, 5) is 15.2. The van der Waals surface area contributed by atoms with Crippen LogP contribution in [0.3, 0.4) is 0 Å². The average Bonchev–Trinajstić information content (AvgIpc) is 2.40. The van der Waals surface area contributed by atoms with Gasteiger partial charge in [0.15, 0.2) is 0 Å². The maximum atomic E-state index is 10.9. The van der Waals surface area contributed by atoms with E-state index in [1.54, 1.807) is 30.3 Å². The lowest BCUT2D eigenvalue weighted by molar-refractivity contribution is 0.100. The van der Waals surface area contributed by atoms with E-state index in [9.17, 15) is 4.79 Å². The molecule has 0 unspecified atom stereocenters. The minimum absolute atomic E-state index is 0.446. The Morgan fingerprint density at radius 3 is 2.63 bits per heavy atom. The predicted molar refractivity (Wildman–Crippen MR) is 73.4 cm³/mol. The van der Waals surface area contributed by atoms with Gasteiger partial charge in [0, 0.05) is 18.2 Å². The number of benzene rings is 1. The highest BCUT2D eigenvalue weighted by Crippen LogP contribution is 2.21. The fourth-order valence-electron chi connectivity index (χ4n) is 1.56. The normalized spacial score (nSPS) is 9.95. The first kappa shape index (κ1) is 12.9.